The van der Waals surface area contributed by atoms with Crippen LogP contribution in [0.2, 0.25) is 0 Å². The van der Waals surface area contributed by atoms with Crippen molar-refractivity contribution in [3.05, 3.63) is 23.4 Å². The number of aromatic carboxylic acids is 1. The van der Waals surface area contributed by atoms with Gasteiger partial charge in [-0.1, -0.05) is 13.8 Å². The predicted octanol–water partition coefficient (Wildman–Crippen LogP) is 2.04. The maximum Gasteiger partial charge on any atom is 0.335 e. The molecule has 1 rings (SSSR count). The second kappa shape index (κ2) is 6.38. The average Bonchev–Trinajstić information content (AvgIpc) is 2.26. The highest BCUT2D eigenvalue weighted by molar-refractivity contribution is 8.00. The lowest BCUT2D eigenvalue weighted by atomic mass is 10.1. The van der Waals surface area contributed by atoms with Crippen molar-refractivity contribution in [2.24, 2.45) is 0 Å². The van der Waals surface area contributed by atoms with Crippen LogP contribution in [0.4, 0.5) is 0 Å². The third-order valence-corrected chi connectivity index (χ3v) is 4.48. The zero-order valence-electron chi connectivity index (χ0n) is 11.1. The number of carboxylic acids is 1. The van der Waals surface area contributed by atoms with Gasteiger partial charge in [0.2, 0.25) is 0 Å². The fourth-order valence-electron chi connectivity index (χ4n) is 1.32. The molecule has 1 N–H and O–H groups in total. The van der Waals surface area contributed by atoms with E-state index in [0.717, 1.165) is 0 Å². The van der Waals surface area contributed by atoms with Crippen molar-refractivity contribution in [3.63, 3.8) is 0 Å². The third kappa shape index (κ3) is 5.61. The van der Waals surface area contributed by atoms with E-state index in [4.69, 9.17) is 5.11 Å². The first-order valence-electron chi connectivity index (χ1n) is 5.75. The molecule has 1 aromatic rings. The molecule has 19 heavy (non-hydrogen) atoms. The number of hydrogen-bond acceptors (Lipinski definition) is 5. The Bertz CT molecular complexity index is 567. The highest BCUT2D eigenvalue weighted by Crippen LogP contribution is 2.22. The summed E-state index contributed by atoms with van der Waals surface area (Å²) in [4.78, 5) is 15.4. The Morgan fingerprint density at radius 3 is 2.53 bits per heavy atom. The molecule has 0 bridgehead atoms. The molecule has 0 saturated carbocycles. The van der Waals surface area contributed by atoms with E-state index in [1.54, 1.807) is 6.07 Å². The van der Waals surface area contributed by atoms with Gasteiger partial charge in [-0.05, 0) is 18.1 Å². The average molecular weight is 303 g/mol. The molecule has 0 atom stereocenters. The summed E-state index contributed by atoms with van der Waals surface area (Å²) >= 11 is 1.26. The molecular weight excluding hydrogens is 286 g/mol. The monoisotopic (exact) mass is 303 g/mol. The fraction of sp³-hybridized carbons (Fsp3) is 0.500. The van der Waals surface area contributed by atoms with Crippen LogP contribution >= 0.6 is 11.8 Å². The van der Waals surface area contributed by atoms with E-state index >= 15 is 0 Å². The minimum Gasteiger partial charge on any atom is -0.478 e. The van der Waals surface area contributed by atoms with Crippen molar-refractivity contribution in [1.29, 1.82) is 0 Å². The van der Waals surface area contributed by atoms with Crippen LogP contribution in [0.5, 0.6) is 0 Å². The minimum absolute atomic E-state index is 0.0493. The van der Waals surface area contributed by atoms with Gasteiger partial charge in [0.1, 0.15) is 9.84 Å². The summed E-state index contributed by atoms with van der Waals surface area (Å²) in [6, 6.07) is 3.02. The van der Waals surface area contributed by atoms with Crippen LogP contribution in [0.25, 0.3) is 0 Å². The zero-order valence-corrected chi connectivity index (χ0v) is 12.7. The summed E-state index contributed by atoms with van der Waals surface area (Å²) in [5, 5.41) is 9.59. The lowest BCUT2D eigenvalue weighted by Crippen LogP contribution is -2.06. The van der Waals surface area contributed by atoms with Crippen molar-refractivity contribution in [2.45, 2.75) is 24.8 Å². The second-order valence-electron chi connectivity index (χ2n) is 4.56. The Labute approximate surface area is 117 Å². The molecule has 0 aromatic carbocycles. The number of carboxylic acid groups (broad SMARTS) is 1. The zero-order chi connectivity index (χ0) is 14.6. The molecule has 7 heteroatoms. The smallest absolute Gasteiger partial charge is 0.335 e. The Kier molecular flexibility index (Phi) is 5.37. The van der Waals surface area contributed by atoms with Gasteiger partial charge in [0, 0.05) is 17.7 Å². The highest BCUT2D eigenvalue weighted by atomic mass is 32.2. The number of aromatic nitrogens is 1. The highest BCUT2D eigenvalue weighted by Gasteiger charge is 2.12. The van der Waals surface area contributed by atoms with Crippen LogP contribution in [0.3, 0.4) is 0 Å². The van der Waals surface area contributed by atoms with Crippen molar-refractivity contribution in [3.8, 4) is 0 Å². The van der Waals surface area contributed by atoms with Gasteiger partial charge in [-0.2, -0.15) is 0 Å². The molecule has 0 radical (unpaired) electrons. The minimum atomic E-state index is -3.01. The van der Waals surface area contributed by atoms with Crippen LogP contribution in [-0.2, 0) is 9.84 Å². The molecule has 0 unspecified atom stereocenters. The summed E-state index contributed by atoms with van der Waals surface area (Å²) in [7, 11) is -3.01. The van der Waals surface area contributed by atoms with Gasteiger partial charge < -0.3 is 5.11 Å². The number of carbonyl (C=O) groups is 1. The van der Waals surface area contributed by atoms with E-state index in [-0.39, 0.29) is 17.2 Å². The molecule has 0 fully saturated rings. The number of thioether (sulfide) groups is 1. The first-order chi connectivity index (χ1) is 8.69. The number of sulfone groups is 1. The van der Waals surface area contributed by atoms with Gasteiger partial charge in [-0.25, -0.2) is 18.2 Å². The van der Waals surface area contributed by atoms with Gasteiger partial charge in [0.05, 0.1) is 16.3 Å². The van der Waals surface area contributed by atoms with E-state index in [1.807, 2.05) is 13.8 Å². The van der Waals surface area contributed by atoms with Gasteiger partial charge in [-0.3, -0.25) is 0 Å². The Morgan fingerprint density at radius 1 is 1.42 bits per heavy atom. The van der Waals surface area contributed by atoms with Crippen LogP contribution in [0, 0.1) is 0 Å². The van der Waals surface area contributed by atoms with E-state index in [2.05, 4.69) is 4.98 Å². The number of nitrogens with zero attached hydrogens (tertiary/aromatic N) is 1. The maximum atomic E-state index is 11.0. The summed E-state index contributed by atoms with van der Waals surface area (Å²) in [6.45, 7) is 3.86. The molecule has 0 spiro atoms. The van der Waals surface area contributed by atoms with Crippen LogP contribution in [-0.4, -0.2) is 42.2 Å². The predicted molar refractivity (Wildman–Crippen MR) is 75.7 cm³/mol. The van der Waals surface area contributed by atoms with Gasteiger partial charge in [0.25, 0.3) is 0 Å². The first-order valence-corrected chi connectivity index (χ1v) is 8.79. The second-order valence-corrected chi connectivity index (χ2v) is 7.93. The lowest BCUT2D eigenvalue weighted by molar-refractivity contribution is 0.0696. The van der Waals surface area contributed by atoms with E-state index in [0.29, 0.717) is 16.5 Å². The normalized spacial score (nSPS) is 11.8. The summed E-state index contributed by atoms with van der Waals surface area (Å²) in [5.74, 6) is -0.470. The molecule has 5 nitrogen and oxygen atoms in total. The number of hydrogen-bond donors (Lipinski definition) is 1. The van der Waals surface area contributed by atoms with E-state index in [9.17, 15) is 13.2 Å². The summed E-state index contributed by atoms with van der Waals surface area (Å²) < 4.78 is 22.1. The largest absolute Gasteiger partial charge is 0.478 e. The standard InChI is InChI=1S/C12H17NO4S2/c1-8(2)10-6-9(12(14)15)7-11(13-10)18-4-5-19(3,16)17/h6-8H,4-5H2,1-3H3,(H,14,15). The molecular formula is C12H17NO4S2. The molecule has 1 heterocycles. The lowest BCUT2D eigenvalue weighted by Gasteiger charge is -2.09. The fourth-order valence-corrected chi connectivity index (χ4v) is 3.45. The van der Waals surface area contributed by atoms with Crippen LogP contribution < -0.4 is 0 Å². The number of rotatable bonds is 6. The van der Waals surface area contributed by atoms with E-state index in [1.165, 1.54) is 24.1 Å². The SMILES string of the molecule is CC(C)c1cc(C(=O)O)cc(SCCS(C)(=O)=O)n1. The molecule has 0 aliphatic heterocycles. The van der Waals surface area contributed by atoms with Crippen molar-refractivity contribution < 1.29 is 18.3 Å². The van der Waals surface area contributed by atoms with Gasteiger partial charge in [-0.15, -0.1) is 11.8 Å². The molecule has 0 aliphatic carbocycles. The summed E-state index contributed by atoms with van der Waals surface area (Å²) in [5.41, 5.74) is 0.877. The topological polar surface area (TPSA) is 84.3 Å². The Morgan fingerprint density at radius 2 is 2.05 bits per heavy atom. The molecule has 0 aliphatic rings. The van der Waals surface area contributed by atoms with Gasteiger partial charge in [0.15, 0.2) is 0 Å². The summed E-state index contributed by atoms with van der Waals surface area (Å²) in [6.07, 6.45) is 1.17. The number of pyridine rings is 1. The maximum absolute atomic E-state index is 11.0. The quantitative estimate of drug-likeness (QED) is 0.810. The molecule has 1 aromatic heterocycles. The first kappa shape index (κ1) is 16.0. The molecule has 106 valence electrons. The van der Waals surface area contributed by atoms with E-state index < -0.39 is 15.8 Å². The van der Waals surface area contributed by atoms with Crippen molar-refractivity contribution in [1.82, 2.24) is 4.98 Å². The van der Waals surface area contributed by atoms with Crippen LogP contribution in [0.15, 0.2) is 17.2 Å². The van der Waals surface area contributed by atoms with Crippen molar-refractivity contribution >= 4 is 27.6 Å². The Hall–Kier alpha value is -1.08. The molecule has 0 amide bonds. The molecule has 0 saturated heterocycles. The van der Waals surface area contributed by atoms with Gasteiger partial charge >= 0.3 is 5.97 Å². The van der Waals surface area contributed by atoms with Crippen LogP contribution in [0.1, 0.15) is 35.8 Å². The third-order valence-electron chi connectivity index (χ3n) is 2.36. The Balaban J connectivity index is 2.91. The van der Waals surface area contributed by atoms with Crippen molar-refractivity contribution in [2.75, 3.05) is 17.8 Å².